The number of nitrogens with zero attached hydrogens (tertiary/aromatic N) is 4. The van der Waals surface area contributed by atoms with Crippen LogP contribution in [0.15, 0.2) is 94.5 Å². The van der Waals surface area contributed by atoms with E-state index in [1.54, 1.807) is 9.36 Å². The number of halogens is 1. The van der Waals surface area contributed by atoms with E-state index in [4.69, 9.17) is 0 Å². The summed E-state index contributed by atoms with van der Waals surface area (Å²) in [6, 6.07) is 27.6. The molecule has 0 saturated heterocycles. The maximum Gasteiger partial charge on any atom is 0.275 e. The molecule has 0 unspecified atom stereocenters. The number of benzene rings is 3. The first kappa shape index (κ1) is 28.0. The van der Waals surface area contributed by atoms with E-state index in [2.05, 4.69) is 38.1 Å². The van der Waals surface area contributed by atoms with Crippen LogP contribution in [0.2, 0.25) is 0 Å². The molecule has 202 valence electrons. The molecule has 0 fully saturated rings. The first-order valence-corrected chi connectivity index (χ1v) is 13.0. The Hall–Kier alpha value is -4.03. The fourth-order valence-corrected chi connectivity index (χ4v) is 5.39. The summed E-state index contributed by atoms with van der Waals surface area (Å²) in [7, 11) is 3.79. The van der Waals surface area contributed by atoms with Crippen molar-refractivity contribution in [3.05, 3.63) is 139 Å². The summed E-state index contributed by atoms with van der Waals surface area (Å²) in [6.07, 6.45) is 0. The number of para-hydroxylation sites is 2. The van der Waals surface area contributed by atoms with Gasteiger partial charge in [-0.25, -0.2) is 9.36 Å². The zero-order valence-electron chi connectivity index (χ0n) is 23.3. The molecule has 0 atom stereocenters. The Morgan fingerprint density at radius 1 is 0.564 bits per heavy atom. The lowest BCUT2D eigenvalue weighted by molar-refractivity contribution is 0.630. The highest BCUT2D eigenvalue weighted by Gasteiger charge is 2.32. The zero-order chi connectivity index (χ0) is 27.1. The van der Waals surface area contributed by atoms with E-state index < -0.39 is 5.92 Å². The van der Waals surface area contributed by atoms with Crippen LogP contribution in [0.1, 0.15) is 59.3 Å². The summed E-state index contributed by atoms with van der Waals surface area (Å²) in [5.74, 6) is -0.145. The van der Waals surface area contributed by atoms with Gasteiger partial charge in [0.1, 0.15) is 0 Å². The van der Waals surface area contributed by atoms with E-state index in [0.717, 1.165) is 28.3 Å². The molecule has 6 nitrogen and oxygen atoms in total. The molecule has 0 spiro atoms. The Kier molecular flexibility index (Phi) is 7.89. The van der Waals surface area contributed by atoms with Crippen molar-refractivity contribution in [3.8, 4) is 11.4 Å². The van der Waals surface area contributed by atoms with Crippen molar-refractivity contribution in [1.82, 2.24) is 18.7 Å². The molecule has 39 heavy (non-hydrogen) atoms. The minimum atomic E-state index is -0.525. The highest BCUT2D eigenvalue weighted by molar-refractivity contribution is 5.85. The summed E-state index contributed by atoms with van der Waals surface area (Å²) in [5, 5.41) is 0. The third kappa shape index (κ3) is 4.70. The van der Waals surface area contributed by atoms with Crippen LogP contribution in [-0.4, -0.2) is 18.7 Å². The predicted molar refractivity (Wildman–Crippen MR) is 160 cm³/mol. The van der Waals surface area contributed by atoms with Crippen LogP contribution >= 0.6 is 12.4 Å². The van der Waals surface area contributed by atoms with Crippen molar-refractivity contribution in [2.75, 3.05) is 0 Å². The Morgan fingerprint density at radius 2 is 0.923 bits per heavy atom. The molecule has 2 heterocycles. The molecule has 5 rings (SSSR count). The quantitative estimate of drug-likeness (QED) is 0.264. The van der Waals surface area contributed by atoms with Crippen LogP contribution in [0.3, 0.4) is 0 Å². The molecule has 0 N–H and O–H groups in total. The van der Waals surface area contributed by atoms with Gasteiger partial charge in [-0.15, -0.1) is 12.4 Å². The lowest BCUT2D eigenvalue weighted by atomic mass is 9.84. The molecule has 0 amide bonds. The second kappa shape index (κ2) is 11.0. The Balaban J connectivity index is 0.00000353. The van der Waals surface area contributed by atoms with Gasteiger partial charge in [-0.1, -0.05) is 74.5 Å². The van der Waals surface area contributed by atoms with Gasteiger partial charge in [-0.3, -0.25) is 19.0 Å². The minimum absolute atomic E-state index is 0. The van der Waals surface area contributed by atoms with E-state index >= 15 is 0 Å². The number of rotatable bonds is 6. The molecule has 0 saturated carbocycles. The Bertz CT molecular complexity index is 1600. The summed E-state index contributed by atoms with van der Waals surface area (Å²) in [4.78, 5) is 28.4. The van der Waals surface area contributed by atoms with Crippen LogP contribution in [0.5, 0.6) is 0 Å². The van der Waals surface area contributed by atoms with Gasteiger partial charge in [0.15, 0.2) is 0 Å². The highest BCUT2D eigenvalue weighted by atomic mass is 35.5. The van der Waals surface area contributed by atoms with Crippen LogP contribution in [0.25, 0.3) is 11.4 Å². The molecule has 3 aromatic carbocycles. The highest BCUT2D eigenvalue weighted by Crippen LogP contribution is 2.34. The standard InChI is InChI=1S/C32H34N4O2.ClH/c1-21(2)24-17-19-25(20-18-24)30(28-22(3)33(5)35(31(28)37)26-13-9-7-10-14-26)29-23(4)34(6)36(32(29)38)27-15-11-8-12-16-27;/h7-21,30H,1-6H3;1H. The fraction of sp³-hybridized carbons (Fsp3) is 0.250. The first-order chi connectivity index (χ1) is 18.2. The number of aromatic nitrogens is 4. The molecule has 0 radical (unpaired) electrons. The number of hydrogen-bond acceptors (Lipinski definition) is 2. The van der Waals surface area contributed by atoms with Crippen molar-refractivity contribution in [2.24, 2.45) is 14.1 Å². The maximum absolute atomic E-state index is 14.2. The molecule has 0 aliphatic heterocycles. The first-order valence-electron chi connectivity index (χ1n) is 13.0. The third-order valence-electron chi connectivity index (χ3n) is 7.71. The third-order valence-corrected chi connectivity index (χ3v) is 7.71. The van der Waals surface area contributed by atoms with E-state index in [1.165, 1.54) is 5.56 Å². The van der Waals surface area contributed by atoms with E-state index in [9.17, 15) is 9.59 Å². The van der Waals surface area contributed by atoms with E-state index in [0.29, 0.717) is 17.0 Å². The largest absolute Gasteiger partial charge is 0.285 e. The van der Waals surface area contributed by atoms with Crippen molar-refractivity contribution >= 4 is 12.4 Å². The Labute approximate surface area is 235 Å². The van der Waals surface area contributed by atoms with Gasteiger partial charge >= 0.3 is 0 Å². The average molecular weight is 543 g/mol. The summed E-state index contributed by atoms with van der Waals surface area (Å²) < 4.78 is 7.15. The van der Waals surface area contributed by atoms with Gasteiger partial charge in [-0.2, -0.15) is 0 Å². The lowest BCUT2D eigenvalue weighted by Crippen LogP contribution is -2.26. The molecule has 0 aliphatic rings. The monoisotopic (exact) mass is 542 g/mol. The molecule has 0 aliphatic carbocycles. The molecule has 5 aromatic rings. The van der Waals surface area contributed by atoms with Crippen LogP contribution in [0.4, 0.5) is 0 Å². The molecular weight excluding hydrogens is 508 g/mol. The van der Waals surface area contributed by atoms with Crippen molar-refractivity contribution < 1.29 is 0 Å². The zero-order valence-corrected chi connectivity index (χ0v) is 24.1. The van der Waals surface area contributed by atoms with E-state index in [1.807, 2.05) is 98.0 Å². The molecule has 0 bridgehead atoms. The summed E-state index contributed by atoms with van der Waals surface area (Å²) in [6.45, 7) is 8.23. The second-order valence-corrected chi connectivity index (χ2v) is 10.2. The predicted octanol–water partition coefficient (Wildman–Crippen LogP) is 6.01. The summed E-state index contributed by atoms with van der Waals surface area (Å²) in [5.41, 5.74) is 6.34. The topological polar surface area (TPSA) is 53.9 Å². The molecule has 2 aromatic heterocycles. The minimum Gasteiger partial charge on any atom is -0.285 e. The second-order valence-electron chi connectivity index (χ2n) is 10.2. The van der Waals surface area contributed by atoms with Gasteiger partial charge in [0.2, 0.25) is 0 Å². The van der Waals surface area contributed by atoms with Crippen molar-refractivity contribution in [2.45, 2.75) is 39.5 Å². The maximum atomic E-state index is 14.2. The molecular formula is C32H35ClN4O2. The summed E-state index contributed by atoms with van der Waals surface area (Å²) >= 11 is 0. The molecule has 7 heteroatoms. The smallest absolute Gasteiger partial charge is 0.275 e. The van der Waals surface area contributed by atoms with Crippen LogP contribution < -0.4 is 11.1 Å². The normalized spacial score (nSPS) is 11.3. The van der Waals surface area contributed by atoms with Crippen LogP contribution in [0, 0.1) is 13.8 Å². The van der Waals surface area contributed by atoms with Gasteiger partial charge in [0, 0.05) is 31.4 Å². The van der Waals surface area contributed by atoms with Gasteiger partial charge in [-0.05, 0) is 55.2 Å². The average Bonchev–Trinajstić information content (AvgIpc) is 3.28. The fourth-order valence-electron chi connectivity index (χ4n) is 5.39. The lowest BCUT2D eigenvalue weighted by Gasteiger charge is -2.17. The van der Waals surface area contributed by atoms with Crippen molar-refractivity contribution in [1.29, 1.82) is 0 Å². The Morgan fingerprint density at radius 3 is 1.28 bits per heavy atom. The van der Waals surface area contributed by atoms with E-state index in [-0.39, 0.29) is 23.5 Å². The van der Waals surface area contributed by atoms with Gasteiger partial charge < -0.3 is 0 Å². The van der Waals surface area contributed by atoms with Gasteiger partial charge in [0.25, 0.3) is 11.1 Å². The van der Waals surface area contributed by atoms with Gasteiger partial charge in [0.05, 0.1) is 22.5 Å². The van der Waals surface area contributed by atoms with Crippen LogP contribution in [-0.2, 0) is 14.1 Å². The van der Waals surface area contributed by atoms with Crippen molar-refractivity contribution in [3.63, 3.8) is 0 Å². The SMILES string of the molecule is Cc1c(C(c2ccc(C(C)C)cc2)c2c(C)n(C)n(-c3ccccc3)c2=O)c(=O)n(-c2ccccc2)n1C.Cl. The number of hydrogen-bond donors (Lipinski definition) is 0.